The van der Waals surface area contributed by atoms with E-state index in [2.05, 4.69) is 0 Å². The lowest BCUT2D eigenvalue weighted by molar-refractivity contribution is -0.122. The summed E-state index contributed by atoms with van der Waals surface area (Å²) in [5.74, 6) is -0.137. The van der Waals surface area contributed by atoms with Crippen molar-refractivity contribution in [2.75, 3.05) is 6.61 Å². The zero-order valence-electron chi connectivity index (χ0n) is 10.4. The molecule has 0 spiro atoms. The highest BCUT2D eigenvalue weighted by molar-refractivity contribution is 5.76. The van der Waals surface area contributed by atoms with Crippen LogP contribution >= 0.6 is 0 Å². The number of benzene rings is 1. The second kappa shape index (κ2) is 5.68. The van der Waals surface area contributed by atoms with Gasteiger partial charge in [-0.25, -0.2) is 0 Å². The SMILES string of the molecule is Cc1ccc([C@H](C)O)c(OCC(C)C(N)=O)c1. The molecule has 4 heteroatoms. The summed E-state index contributed by atoms with van der Waals surface area (Å²) in [5.41, 5.74) is 6.91. The first-order chi connectivity index (χ1) is 7.91. The van der Waals surface area contributed by atoms with Crippen molar-refractivity contribution in [3.05, 3.63) is 29.3 Å². The molecule has 0 saturated heterocycles. The summed E-state index contributed by atoms with van der Waals surface area (Å²) in [6.45, 7) is 5.55. The number of primary amides is 1. The monoisotopic (exact) mass is 237 g/mol. The minimum absolute atomic E-state index is 0.221. The highest BCUT2D eigenvalue weighted by Crippen LogP contribution is 2.26. The molecule has 94 valence electrons. The number of hydrogen-bond acceptors (Lipinski definition) is 3. The van der Waals surface area contributed by atoms with E-state index >= 15 is 0 Å². The summed E-state index contributed by atoms with van der Waals surface area (Å²) in [6, 6.07) is 5.58. The van der Waals surface area contributed by atoms with Gasteiger partial charge >= 0.3 is 0 Å². The van der Waals surface area contributed by atoms with E-state index in [1.54, 1.807) is 13.8 Å². The largest absolute Gasteiger partial charge is 0.492 e. The standard InChI is InChI=1S/C13H19NO3/c1-8-4-5-11(10(3)15)12(6-8)17-7-9(2)13(14)16/h4-6,9-10,15H,7H2,1-3H3,(H2,14,16)/t9?,10-/m0/s1. The van der Waals surface area contributed by atoms with Crippen LogP contribution in [0.2, 0.25) is 0 Å². The molecule has 4 nitrogen and oxygen atoms in total. The summed E-state index contributed by atoms with van der Waals surface area (Å²) in [7, 11) is 0. The molecule has 0 aromatic heterocycles. The van der Waals surface area contributed by atoms with E-state index in [1.165, 1.54) is 0 Å². The smallest absolute Gasteiger partial charge is 0.223 e. The van der Waals surface area contributed by atoms with Crippen LogP contribution in [0, 0.1) is 12.8 Å². The minimum Gasteiger partial charge on any atom is -0.492 e. The molecule has 1 unspecified atom stereocenters. The molecule has 0 aliphatic heterocycles. The van der Waals surface area contributed by atoms with Crippen molar-refractivity contribution in [3.63, 3.8) is 0 Å². The van der Waals surface area contributed by atoms with Gasteiger partial charge in [0.05, 0.1) is 18.6 Å². The number of aliphatic hydroxyl groups excluding tert-OH is 1. The van der Waals surface area contributed by atoms with Gasteiger partial charge in [-0.05, 0) is 25.5 Å². The molecule has 0 fully saturated rings. The van der Waals surface area contributed by atoms with Crippen molar-refractivity contribution in [1.82, 2.24) is 0 Å². The number of aliphatic hydroxyl groups is 1. The van der Waals surface area contributed by atoms with Gasteiger partial charge in [-0.3, -0.25) is 4.79 Å². The van der Waals surface area contributed by atoms with Gasteiger partial charge in [0.15, 0.2) is 0 Å². The highest BCUT2D eigenvalue weighted by atomic mass is 16.5. The molecule has 3 N–H and O–H groups in total. The number of hydrogen-bond donors (Lipinski definition) is 2. The Bertz CT molecular complexity index is 402. The predicted octanol–water partition coefficient (Wildman–Crippen LogP) is 1.55. The molecule has 1 rings (SSSR count). The number of amides is 1. The van der Waals surface area contributed by atoms with Crippen molar-refractivity contribution < 1.29 is 14.6 Å². The molecule has 0 aliphatic carbocycles. The number of carbonyl (C=O) groups is 1. The average Bonchev–Trinajstić information content (AvgIpc) is 2.25. The normalized spacial score (nSPS) is 14.1. The Labute approximate surface area is 101 Å². The summed E-state index contributed by atoms with van der Waals surface area (Å²) >= 11 is 0. The summed E-state index contributed by atoms with van der Waals surface area (Å²) in [4.78, 5) is 10.9. The molecule has 0 aliphatic rings. The molecule has 0 heterocycles. The van der Waals surface area contributed by atoms with E-state index in [1.807, 2.05) is 25.1 Å². The molecule has 1 aromatic rings. The van der Waals surface area contributed by atoms with Crippen LogP contribution < -0.4 is 10.5 Å². The first-order valence-corrected chi connectivity index (χ1v) is 5.62. The lowest BCUT2D eigenvalue weighted by atomic mass is 10.1. The quantitative estimate of drug-likeness (QED) is 0.816. The zero-order chi connectivity index (χ0) is 13.0. The second-order valence-electron chi connectivity index (χ2n) is 4.33. The van der Waals surface area contributed by atoms with Crippen molar-refractivity contribution in [1.29, 1.82) is 0 Å². The lowest BCUT2D eigenvalue weighted by Gasteiger charge is -2.16. The maximum atomic E-state index is 10.9. The van der Waals surface area contributed by atoms with Gasteiger partial charge in [-0.15, -0.1) is 0 Å². The van der Waals surface area contributed by atoms with E-state index in [0.717, 1.165) is 5.56 Å². The van der Waals surface area contributed by atoms with Crippen LogP contribution in [0.4, 0.5) is 0 Å². The fourth-order valence-corrected chi connectivity index (χ4v) is 1.41. The Morgan fingerprint density at radius 2 is 2.12 bits per heavy atom. The maximum Gasteiger partial charge on any atom is 0.223 e. The van der Waals surface area contributed by atoms with Crippen LogP contribution in [0.3, 0.4) is 0 Å². The minimum atomic E-state index is -0.602. The zero-order valence-corrected chi connectivity index (χ0v) is 10.4. The first kappa shape index (κ1) is 13.5. The molecular formula is C13H19NO3. The second-order valence-corrected chi connectivity index (χ2v) is 4.33. The molecule has 0 radical (unpaired) electrons. The molecule has 1 amide bonds. The van der Waals surface area contributed by atoms with Crippen LogP contribution in [0.1, 0.15) is 31.1 Å². The van der Waals surface area contributed by atoms with E-state index in [0.29, 0.717) is 11.3 Å². The number of rotatable bonds is 5. The third-order valence-electron chi connectivity index (χ3n) is 2.59. The van der Waals surface area contributed by atoms with Crippen LogP contribution in [-0.4, -0.2) is 17.6 Å². The molecule has 1 aromatic carbocycles. The van der Waals surface area contributed by atoms with Crippen molar-refractivity contribution in [3.8, 4) is 5.75 Å². The predicted molar refractivity (Wildman–Crippen MR) is 65.7 cm³/mol. The van der Waals surface area contributed by atoms with Crippen molar-refractivity contribution >= 4 is 5.91 Å². The molecule has 0 saturated carbocycles. The molecule has 0 bridgehead atoms. The van der Waals surface area contributed by atoms with Gasteiger partial charge in [0.25, 0.3) is 0 Å². The Hall–Kier alpha value is -1.55. The summed E-state index contributed by atoms with van der Waals surface area (Å²) < 4.78 is 5.54. The highest BCUT2D eigenvalue weighted by Gasteiger charge is 2.13. The van der Waals surface area contributed by atoms with Crippen molar-refractivity contribution in [2.45, 2.75) is 26.9 Å². The topological polar surface area (TPSA) is 72.6 Å². The Morgan fingerprint density at radius 1 is 1.47 bits per heavy atom. The number of nitrogens with two attached hydrogens (primary N) is 1. The summed E-state index contributed by atoms with van der Waals surface area (Å²) in [5, 5.41) is 9.60. The van der Waals surface area contributed by atoms with Crippen molar-refractivity contribution in [2.24, 2.45) is 11.7 Å². The maximum absolute atomic E-state index is 10.9. The van der Waals surface area contributed by atoms with Crippen LogP contribution in [0.25, 0.3) is 0 Å². The van der Waals surface area contributed by atoms with Gasteiger partial charge in [-0.2, -0.15) is 0 Å². The fourth-order valence-electron chi connectivity index (χ4n) is 1.41. The van der Waals surface area contributed by atoms with Gasteiger partial charge < -0.3 is 15.6 Å². The molecular weight excluding hydrogens is 218 g/mol. The Morgan fingerprint density at radius 3 is 2.65 bits per heavy atom. The lowest BCUT2D eigenvalue weighted by Crippen LogP contribution is -2.26. The average molecular weight is 237 g/mol. The number of carbonyl (C=O) groups excluding carboxylic acids is 1. The van der Waals surface area contributed by atoms with Gasteiger partial charge in [0, 0.05) is 5.56 Å². The third kappa shape index (κ3) is 3.75. The fraction of sp³-hybridized carbons (Fsp3) is 0.462. The van der Waals surface area contributed by atoms with Gasteiger partial charge in [-0.1, -0.05) is 19.1 Å². The molecule has 17 heavy (non-hydrogen) atoms. The number of aryl methyl sites for hydroxylation is 1. The first-order valence-electron chi connectivity index (χ1n) is 5.62. The van der Waals surface area contributed by atoms with Crippen LogP contribution in [-0.2, 0) is 4.79 Å². The number of ether oxygens (including phenoxy) is 1. The third-order valence-corrected chi connectivity index (χ3v) is 2.59. The van der Waals surface area contributed by atoms with Gasteiger partial charge in [0.2, 0.25) is 5.91 Å². The van der Waals surface area contributed by atoms with E-state index < -0.39 is 12.0 Å². The molecule has 2 atom stereocenters. The Balaban J connectivity index is 2.82. The van der Waals surface area contributed by atoms with Gasteiger partial charge in [0.1, 0.15) is 5.75 Å². The van der Waals surface area contributed by atoms with E-state index in [-0.39, 0.29) is 12.5 Å². The van der Waals surface area contributed by atoms with E-state index in [4.69, 9.17) is 10.5 Å². The summed E-state index contributed by atoms with van der Waals surface area (Å²) in [6.07, 6.45) is -0.602. The van der Waals surface area contributed by atoms with E-state index in [9.17, 15) is 9.90 Å². The van der Waals surface area contributed by atoms with Crippen LogP contribution in [0.5, 0.6) is 5.75 Å². The van der Waals surface area contributed by atoms with Crippen LogP contribution in [0.15, 0.2) is 18.2 Å². The Kier molecular flexibility index (Phi) is 4.52.